The highest BCUT2D eigenvalue weighted by Gasteiger charge is 2.19. The molecule has 4 N–H and O–H groups in total. The van der Waals surface area contributed by atoms with Crippen LogP contribution in [-0.2, 0) is 0 Å². The van der Waals surface area contributed by atoms with Crippen LogP contribution >= 0.6 is 22.9 Å². The summed E-state index contributed by atoms with van der Waals surface area (Å²) in [7, 11) is 0. The number of nitrogens with zero attached hydrogens (tertiary/aromatic N) is 4. The minimum absolute atomic E-state index is 0.274. The Balaban J connectivity index is 1.36. The van der Waals surface area contributed by atoms with E-state index in [0.29, 0.717) is 21.7 Å². The van der Waals surface area contributed by atoms with Crippen molar-refractivity contribution >= 4 is 46.0 Å². The van der Waals surface area contributed by atoms with Crippen LogP contribution in [0, 0.1) is 0 Å². The van der Waals surface area contributed by atoms with Gasteiger partial charge in [0.2, 0.25) is 5.13 Å². The summed E-state index contributed by atoms with van der Waals surface area (Å²) < 4.78 is 1.54. The zero-order valence-corrected chi connectivity index (χ0v) is 19.2. The predicted octanol–water partition coefficient (Wildman–Crippen LogP) is 3.89. The maximum atomic E-state index is 13.0. The summed E-state index contributed by atoms with van der Waals surface area (Å²) in [5, 5.41) is 13.6. The Hall–Kier alpha value is -3.40. The smallest absolute Gasteiger partial charge is 0.275 e. The van der Waals surface area contributed by atoms with E-state index < -0.39 is 0 Å². The number of amides is 1. The first-order valence-electron chi connectivity index (χ1n) is 10.5. The monoisotopic (exact) mass is 479 g/mol. The number of halogens is 1. The fourth-order valence-corrected chi connectivity index (χ4v) is 4.67. The standard InChI is InChI=1S/C23H22ClN7OS/c24-16-7-5-15(6-8-16)17-13-27-31(21(17)25)23-29-19(14-33-23)22(32)28-18-3-1-2-4-20(18)30-11-9-26-10-12-30/h1-8,13-14,26H,9-12,25H2,(H,28,32). The Morgan fingerprint density at radius 3 is 2.67 bits per heavy atom. The van der Waals surface area contributed by atoms with Crippen molar-refractivity contribution in [3.63, 3.8) is 0 Å². The number of hydrogen-bond acceptors (Lipinski definition) is 7. The van der Waals surface area contributed by atoms with Crippen LogP contribution in [0.1, 0.15) is 10.5 Å². The number of nitrogens with two attached hydrogens (primary N) is 1. The molecule has 0 spiro atoms. The summed E-state index contributed by atoms with van der Waals surface area (Å²) in [6.07, 6.45) is 1.68. The largest absolute Gasteiger partial charge is 0.383 e. The fourth-order valence-electron chi connectivity index (χ4n) is 3.78. The van der Waals surface area contributed by atoms with E-state index in [4.69, 9.17) is 17.3 Å². The highest BCUT2D eigenvalue weighted by molar-refractivity contribution is 7.12. The molecule has 0 unspecified atom stereocenters. The van der Waals surface area contributed by atoms with E-state index in [1.165, 1.54) is 11.3 Å². The first-order valence-corrected chi connectivity index (χ1v) is 11.8. The van der Waals surface area contributed by atoms with Crippen LogP contribution < -0.4 is 21.3 Å². The molecule has 1 amide bonds. The van der Waals surface area contributed by atoms with Crippen molar-refractivity contribution in [2.75, 3.05) is 42.1 Å². The molecule has 4 aromatic rings. The Morgan fingerprint density at radius 1 is 1.12 bits per heavy atom. The molecular weight excluding hydrogens is 458 g/mol. The van der Waals surface area contributed by atoms with Gasteiger partial charge >= 0.3 is 0 Å². The van der Waals surface area contributed by atoms with Crippen LogP contribution in [0.2, 0.25) is 5.02 Å². The van der Waals surface area contributed by atoms with Gasteiger partial charge < -0.3 is 21.3 Å². The van der Waals surface area contributed by atoms with Crippen molar-refractivity contribution in [1.29, 1.82) is 0 Å². The van der Waals surface area contributed by atoms with Crippen molar-refractivity contribution < 1.29 is 4.79 Å². The number of para-hydroxylation sites is 2. The van der Waals surface area contributed by atoms with Crippen molar-refractivity contribution in [3.05, 3.63) is 70.8 Å². The number of rotatable bonds is 5. The zero-order valence-electron chi connectivity index (χ0n) is 17.7. The Labute approximate surface area is 200 Å². The molecule has 3 heterocycles. The van der Waals surface area contributed by atoms with Crippen molar-refractivity contribution in [1.82, 2.24) is 20.1 Å². The average molecular weight is 480 g/mol. The topological polar surface area (TPSA) is 101 Å². The number of nitrogen functional groups attached to an aromatic ring is 1. The molecule has 168 valence electrons. The average Bonchev–Trinajstić information content (AvgIpc) is 3.48. The Kier molecular flexibility index (Phi) is 5.99. The third-order valence-corrected chi connectivity index (χ3v) is 6.55. The maximum Gasteiger partial charge on any atom is 0.275 e. The van der Waals surface area contributed by atoms with Gasteiger partial charge in [0.15, 0.2) is 0 Å². The second-order valence-electron chi connectivity index (χ2n) is 7.59. The minimum atomic E-state index is -0.274. The highest BCUT2D eigenvalue weighted by atomic mass is 35.5. The van der Waals surface area contributed by atoms with Gasteiger partial charge in [-0.25, -0.2) is 4.98 Å². The van der Waals surface area contributed by atoms with Gasteiger partial charge in [0.05, 0.1) is 17.6 Å². The number of aromatic nitrogens is 3. The molecule has 1 saturated heterocycles. The van der Waals surface area contributed by atoms with Gasteiger partial charge in [0.1, 0.15) is 11.5 Å². The fraction of sp³-hybridized carbons (Fsp3) is 0.174. The second-order valence-corrected chi connectivity index (χ2v) is 8.86. The minimum Gasteiger partial charge on any atom is -0.383 e. The van der Waals surface area contributed by atoms with E-state index in [2.05, 4.69) is 25.6 Å². The molecule has 0 bridgehead atoms. The van der Waals surface area contributed by atoms with Crippen LogP contribution in [0.5, 0.6) is 0 Å². The highest BCUT2D eigenvalue weighted by Crippen LogP contribution is 2.30. The lowest BCUT2D eigenvalue weighted by atomic mass is 10.1. The molecule has 33 heavy (non-hydrogen) atoms. The maximum absolute atomic E-state index is 13.0. The van der Waals surface area contributed by atoms with Gasteiger partial charge in [-0.3, -0.25) is 4.79 Å². The third-order valence-electron chi connectivity index (χ3n) is 5.48. The van der Waals surface area contributed by atoms with Gasteiger partial charge in [-0.2, -0.15) is 9.78 Å². The van der Waals surface area contributed by atoms with Crippen LogP contribution in [0.15, 0.2) is 60.1 Å². The number of hydrogen-bond donors (Lipinski definition) is 3. The molecule has 2 aromatic carbocycles. The van der Waals surface area contributed by atoms with E-state index >= 15 is 0 Å². The molecule has 0 atom stereocenters. The van der Waals surface area contributed by atoms with Crippen LogP contribution in [0.3, 0.4) is 0 Å². The normalized spacial score (nSPS) is 13.8. The quantitative estimate of drug-likeness (QED) is 0.401. The van der Waals surface area contributed by atoms with E-state index in [-0.39, 0.29) is 5.91 Å². The lowest BCUT2D eigenvalue weighted by Gasteiger charge is -2.31. The number of benzene rings is 2. The van der Waals surface area contributed by atoms with Gasteiger partial charge in [-0.1, -0.05) is 35.9 Å². The molecule has 10 heteroatoms. The van der Waals surface area contributed by atoms with Gasteiger partial charge in [0, 0.05) is 42.1 Å². The molecule has 1 aliphatic heterocycles. The van der Waals surface area contributed by atoms with E-state index in [0.717, 1.165) is 48.7 Å². The molecule has 0 aliphatic carbocycles. The summed E-state index contributed by atoms with van der Waals surface area (Å²) in [6.45, 7) is 3.62. The predicted molar refractivity (Wildman–Crippen MR) is 134 cm³/mol. The lowest BCUT2D eigenvalue weighted by molar-refractivity contribution is 0.102. The molecule has 0 saturated carbocycles. The molecular formula is C23H22ClN7OS. The first kappa shape index (κ1) is 21.4. The summed E-state index contributed by atoms with van der Waals surface area (Å²) in [5.74, 6) is 0.173. The number of piperazine rings is 1. The summed E-state index contributed by atoms with van der Waals surface area (Å²) in [6, 6.07) is 15.2. The second kappa shape index (κ2) is 9.22. The van der Waals surface area contributed by atoms with Crippen molar-refractivity contribution in [2.45, 2.75) is 0 Å². The van der Waals surface area contributed by atoms with E-state index in [1.807, 2.05) is 36.4 Å². The third kappa shape index (κ3) is 4.43. The van der Waals surface area contributed by atoms with Crippen LogP contribution in [-0.4, -0.2) is 46.9 Å². The lowest BCUT2D eigenvalue weighted by Crippen LogP contribution is -2.43. The van der Waals surface area contributed by atoms with Crippen LogP contribution in [0.4, 0.5) is 17.2 Å². The van der Waals surface area contributed by atoms with Crippen LogP contribution in [0.25, 0.3) is 16.3 Å². The molecule has 2 aromatic heterocycles. The molecule has 8 nitrogen and oxygen atoms in total. The van der Waals surface area contributed by atoms with Crippen molar-refractivity contribution in [2.24, 2.45) is 0 Å². The number of thiazole rings is 1. The SMILES string of the molecule is Nc1c(-c2ccc(Cl)cc2)cnn1-c1nc(C(=O)Nc2ccccc2N2CCNCC2)cs1. The van der Waals surface area contributed by atoms with Gasteiger partial charge in [-0.05, 0) is 29.8 Å². The molecule has 1 fully saturated rings. The number of carbonyl (C=O) groups excluding carboxylic acids is 1. The molecule has 0 radical (unpaired) electrons. The first-order chi connectivity index (χ1) is 16.1. The van der Waals surface area contributed by atoms with Crippen molar-refractivity contribution in [3.8, 4) is 16.3 Å². The molecule has 5 rings (SSSR count). The Morgan fingerprint density at radius 2 is 1.88 bits per heavy atom. The Bertz CT molecular complexity index is 1280. The van der Waals surface area contributed by atoms with E-state index in [1.54, 1.807) is 28.4 Å². The number of anilines is 3. The summed E-state index contributed by atoms with van der Waals surface area (Å²) >= 11 is 7.29. The number of carbonyl (C=O) groups is 1. The molecule has 1 aliphatic rings. The number of nitrogens with one attached hydrogen (secondary N) is 2. The van der Waals surface area contributed by atoms with E-state index in [9.17, 15) is 4.79 Å². The van der Waals surface area contributed by atoms with Gasteiger partial charge in [0.25, 0.3) is 5.91 Å². The summed E-state index contributed by atoms with van der Waals surface area (Å²) in [5.41, 5.74) is 10.1. The summed E-state index contributed by atoms with van der Waals surface area (Å²) in [4.78, 5) is 19.7. The zero-order chi connectivity index (χ0) is 22.8. The van der Waals surface area contributed by atoms with Gasteiger partial charge in [-0.15, -0.1) is 11.3 Å².